The van der Waals surface area contributed by atoms with E-state index in [4.69, 9.17) is 9.47 Å². The SMILES string of the molecule is C=C1CC[C@@H]2C(C)(C)C[C@@H](OC)C[C@@]2(C)[C@@H]1CCC1=CC(=O)OC1. The van der Waals surface area contributed by atoms with E-state index in [0.29, 0.717) is 30.0 Å². The van der Waals surface area contributed by atoms with Crippen LogP contribution in [0.5, 0.6) is 0 Å². The predicted octanol–water partition coefficient (Wildman–Crippen LogP) is 4.67. The molecule has 2 aliphatic carbocycles. The fourth-order valence-electron chi connectivity index (χ4n) is 5.99. The lowest BCUT2D eigenvalue weighted by molar-refractivity contribution is -0.135. The second-order valence-corrected chi connectivity index (χ2v) is 9.01. The van der Waals surface area contributed by atoms with Gasteiger partial charge in [-0.1, -0.05) is 32.9 Å². The van der Waals surface area contributed by atoms with Gasteiger partial charge in [0.1, 0.15) is 6.61 Å². The third kappa shape index (κ3) is 3.08. The van der Waals surface area contributed by atoms with E-state index in [1.54, 1.807) is 6.08 Å². The van der Waals surface area contributed by atoms with Crippen molar-refractivity contribution in [2.24, 2.45) is 22.7 Å². The Balaban J connectivity index is 1.81. The first kappa shape index (κ1) is 17.7. The second kappa shape index (κ2) is 6.33. The van der Waals surface area contributed by atoms with E-state index in [2.05, 4.69) is 27.4 Å². The molecule has 2 fully saturated rings. The van der Waals surface area contributed by atoms with Gasteiger partial charge < -0.3 is 9.47 Å². The molecule has 3 heteroatoms. The van der Waals surface area contributed by atoms with E-state index in [-0.39, 0.29) is 11.4 Å². The summed E-state index contributed by atoms with van der Waals surface area (Å²) >= 11 is 0. The first-order valence-corrected chi connectivity index (χ1v) is 9.33. The van der Waals surface area contributed by atoms with Gasteiger partial charge in [0, 0.05) is 13.2 Å². The second-order valence-electron chi connectivity index (χ2n) is 9.01. The average molecular weight is 332 g/mol. The number of hydrogen-bond acceptors (Lipinski definition) is 3. The number of carbonyl (C=O) groups is 1. The minimum atomic E-state index is -0.185. The molecule has 1 aliphatic heterocycles. The Morgan fingerprint density at radius 1 is 1.33 bits per heavy atom. The molecule has 3 nitrogen and oxygen atoms in total. The van der Waals surface area contributed by atoms with Crippen molar-refractivity contribution in [2.75, 3.05) is 13.7 Å². The van der Waals surface area contributed by atoms with Gasteiger partial charge in [0.2, 0.25) is 0 Å². The highest BCUT2D eigenvalue weighted by Gasteiger charge is 2.55. The molecule has 0 N–H and O–H groups in total. The van der Waals surface area contributed by atoms with Gasteiger partial charge in [-0.05, 0) is 66.8 Å². The predicted molar refractivity (Wildman–Crippen MR) is 95.5 cm³/mol. The van der Waals surface area contributed by atoms with Crippen LogP contribution in [0.3, 0.4) is 0 Å². The van der Waals surface area contributed by atoms with E-state index in [1.807, 2.05) is 7.11 Å². The molecule has 0 radical (unpaired) electrons. The quantitative estimate of drug-likeness (QED) is 0.554. The van der Waals surface area contributed by atoms with Crippen molar-refractivity contribution in [2.45, 2.75) is 65.4 Å². The molecule has 0 aromatic heterocycles. The number of allylic oxidation sites excluding steroid dienone is 1. The molecule has 0 unspecified atom stereocenters. The third-order valence-corrected chi connectivity index (χ3v) is 7.01. The molecule has 0 aromatic rings. The maximum atomic E-state index is 11.3. The number of carbonyl (C=O) groups excluding carboxylic acids is 1. The molecule has 1 heterocycles. The van der Waals surface area contributed by atoms with Crippen LogP contribution in [0.4, 0.5) is 0 Å². The number of methoxy groups -OCH3 is 1. The Kier molecular flexibility index (Phi) is 4.67. The summed E-state index contributed by atoms with van der Waals surface area (Å²) in [6.07, 6.45) is 8.68. The van der Waals surface area contributed by atoms with Crippen LogP contribution in [0, 0.1) is 22.7 Å². The van der Waals surface area contributed by atoms with Crippen molar-refractivity contribution in [1.82, 2.24) is 0 Å². The highest BCUT2D eigenvalue weighted by atomic mass is 16.5. The van der Waals surface area contributed by atoms with E-state index in [1.165, 1.54) is 12.0 Å². The van der Waals surface area contributed by atoms with Gasteiger partial charge in [-0.3, -0.25) is 0 Å². The highest BCUT2D eigenvalue weighted by Crippen LogP contribution is 2.62. The molecular weight excluding hydrogens is 300 g/mol. The molecule has 3 rings (SSSR count). The van der Waals surface area contributed by atoms with E-state index in [9.17, 15) is 4.79 Å². The van der Waals surface area contributed by atoms with Crippen LogP contribution in [0.1, 0.15) is 59.3 Å². The summed E-state index contributed by atoms with van der Waals surface area (Å²) in [5.74, 6) is 1.03. The number of fused-ring (bicyclic) bond motifs is 1. The Morgan fingerprint density at radius 3 is 2.71 bits per heavy atom. The van der Waals surface area contributed by atoms with Crippen LogP contribution in [-0.2, 0) is 14.3 Å². The van der Waals surface area contributed by atoms with Gasteiger partial charge in [0.25, 0.3) is 0 Å². The van der Waals surface area contributed by atoms with Crippen molar-refractivity contribution >= 4 is 5.97 Å². The van der Waals surface area contributed by atoms with E-state index >= 15 is 0 Å². The summed E-state index contributed by atoms with van der Waals surface area (Å²) in [7, 11) is 1.85. The smallest absolute Gasteiger partial charge is 0.331 e. The molecule has 0 saturated heterocycles. The van der Waals surface area contributed by atoms with Crippen molar-refractivity contribution < 1.29 is 14.3 Å². The fourth-order valence-corrected chi connectivity index (χ4v) is 5.99. The average Bonchev–Trinajstić information content (AvgIpc) is 2.90. The van der Waals surface area contributed by atoms with E-state index < -0.39 is 0 Å². The number of hydrogen-bond donors (Lipinski definition) is 0. The standard InChI is InChI=1S/C21H32O3/c1-14-6-9-18-20(2,3)11-16(23-5)12-21(18,4)17(14)8-7-15-10-19(22)24-13-15/h10,16-18H,1,6-9,11-13H2,2-5H3/t16-,17-,18-,21+/m1/s1. The van der Waals surface area contributed by atoms with Crippen LogP contribution in [0.2, 0.25) is 0 Å². The summed E-state index contributed by atoms with van der Waals surface area (Å²) in [4.78, 5) is 11.3. The minimum Gasteiger partial charge on any atom is -0.458 e. The summed E-state index contributed by atoms with van der Waals surface area (Å²) < 4.78 is 10.9. The lowest BCUT2D eigenvalue weighted by atomic mass is 9.46. The third-order valence-electron chi connectivity index (χ3n) is 7.01. The zero-order valence-electron chi connectivity index (χ0n) is 15.7. The molecule has 24 heavy (non-hydrogen) atoms. The summed E-state index contributed by atoms with van der Waals surface area (Å²) in [5, 5.41) is 0. The largest absolute Gasteiger partial charge is 0.458 e. The van der Waals surface area contributed by atoms with Crippen LogP contribution in [0.15, 0.2) is 23.8 Å². The lowest BCUT2D eigenvalue weighted by Gasteiger charge is -2.59. The molecular formula is C21H32O3. The summed E-state index contributed by atoms with van der Waals surface area (Å²) in [6, 6.07) is 0. The molecule has 3 aliphatic rings. The van der Waals surface area contributed by atoms with Gasteiger partial charge in [0.15, 0.2) is 0 Å². The molecule has 2 saturated carbocycles. The van der Waals surface area contributed by atoms with Crippen LogP contribution < -0.4 is 0 Å². The Labute approximate surface area is 146 Å². The lowest BCUT2D eigenvalue weighted by Crippen LogP contribution is -2.53. The van der Waals surface area contributed by atoms with Gasteiger partial charge in [-0.15, -0.1) is 0 Å². The van der Waals surface area contributed by atoms with Crippen LogP contribution in [0.25, 0.3) is 0 Å². The molecule has 0 amide bonds. The number of esters is 1. The van der Waals surface area contributed by atoms with Gasteiger partial charge >= 0.3 is 5.97 Å². The van der Waals surface area contributed by atoms with Gasteiger partial charge in [-0.2, -0.15) is 0 Å². The van der Waals surface area contributed by atoms with Crippen LogP contribution in [-0.4, -0.2) is 25.8 Å². The van der Waals surface area contributed by atoms with Crippen molar-refractivity contribution in [3.63, 3.8) is 0 Å². The van der Waals surface area contributed by atoms with Gasteiger partial charge in [0.05, 0.1) is 6.10 Å². The number of ether oxygens (including phenoxy) is 2. The Hall–Kier alpha value is -1.09. The van der Waals surface area contributed by atoms with Crippen molar-refractivity contribution in [1.29, 1.82) is 0 Å². The Bertz CT molecular complexity index is 559. The first-order chi connectivity index (χ1) is 11.3. The van der Waals surface area contributed by atoms with Crippen molar-refractivity contribution in [3.8, 4) is 0 Å². The normalized spacial score (nSPS) is 38.5. The Morgan fingerprint density at radius 2 is 2.08 bits per heavy atom. The summed E-state index contributed by atoms with van der Waals surface area (Å²) in [5.41, 5.74) is 3.07. The topological polar surface area (TPSA) is 35.5 Å². The fraction of sp³-hybridized carbons (Fsp3) is 0.762. The number of rotatable bonds is 4. The number of cyclic esters (lactones) is 1. The zero-order chi connectivity index (χ0) is 17.5. The highest BCUT2D eigenvalue weighted by molar-refractivity contribution is 5.85. The van der Waals surface area contributed by atoms with Crippen molar-refractivity contribution in [3.05, 3.63) is 23.8 Å². The maximum absolute atomic E-state index is 11.3. The zero-order valence-corrected chi connectivity index (χ0v) is 15.7. The van der Waals surface area contributed by atoms with Crippen LogP contribution >= 0.6 is 0 Å². The molecule has 0 spiro atoms. The minimum absolute atomic E-state index is 0.185. The van der Waals surface area contributed by atoms with Gasteiger partial charge in [-0.25, -0.2) is 4.79 Å². The molecule has 0 aromatic carbocycles. The monoisotopic (exact) mass is 332 g/mol. The summed E-state index contributed by atoms with van der Waals surface area (Å²) in [6.45, 7) is 12.2. The molecule has 0 bridgehead atoms. The first-order valence-electron chi connectivity index (χ1n) is 9.33. The molecule has 4 atom stereocenters. The van der Waals surface area contributed by atoms with E-state index in [0.717, 1.165) is 37.7 Å². The molecule has 134 valence electrons. The maximum Gasteiger partial charge on any atom is 0.331 e.